The standard InChI is InChI=1S/C21H32N4O/c26-21(22-18-8-2-1-3-9-18)25-17-16-24(15-14-23-12-6-7-13-23)19-10-4-5-11-20(19)25/h4-5,10-11,18H,1-3,6-9,12-17H2,(H,22,26). The minimum Gasteiger partial charge on any atom is -0.367 e. The van der Waals surface area contributed by atoms with Crippen molar-refractivity contribution in [3.8, 4) is 0 Å². The van der Waals surface area contributed by atoms with E-state index in [1.165, 1.54) is 50.9 Å². The van der Waals surface area contributed by atoms with Crippen LogP contribution in [0.2, 0.25) is 0 Å². The monoisotopic (exact) mass is 356 g/mol. The number of anilines is 2. The van der Waals surface area contributed by atoms with Gasteiger partial charge in [-0.3, -0.25) is 4.90 Å². The molecule has 2 heterocycles. The van der Waals surface area contributed by atoms with Gasteiger partial charge in [0.1, 0.15) is 0 Å². The summed E-state index contributed by atoms with van der Waals surface area (Å²) in [4.78, 5) is 19.9. The van der Waals surface area contributed by atoms with E-state index in [9.17, 15) is 4.79 Å². The molecule has 0 atom stereocenters. The normalized spacial score (nSPS) is 21.7. The van der Waals surface area contributed by atoms with Crippen molar-refractivity contribution in [2.45, 2.75) is 51.0 Å². The topological polar surface area (TPSA) is 38.8 Å². The van der Waals surface area contributed by atoms with Gasteiger partial charge in [-0.15, -0.1) is 0 Å². The van der Waals surface area contributed by atoms with Gasteiger partial charge in [0.25, 0.3) is 0 Å². The SMILES string of the molecule is O=C(NC1CCCCC1)N1CCN(CCN2CCCC2)c2ccccc21. The average Bonchev–Trinajstić information content (AvgIpc) is 3.20. The van der Waals surface area contributed by atoms with Gasteiger partial charge in [0, 0.05) is 32.2 Å². The molecule has 5 nitrogen and oxygen atoms in total. The van der Waals surface area contributed by atoms with E-state index in [2.05, 4.69) is 33.3 Å². The van der Waals surface area contributed by atoms with Crippen molar-refractivity contribution in [2.24, 2.45) is 0 Å². The van der Waals surface area contributed by atoms with Gasteiger partial charge in [0.2, 0.25) is 0 Å². The van der Waals surface area contributed by atoms with Crippen LogP contribution in [0.5, 0.6) is 0 Å². The number of carbonyl (C=O) groups excluding carboxylic acids is 1. The number of likely N-dealkylation sites (tertiary alicyclic amines) is 1. The molecule has 1 aliphatic carbocycles. The van der Waals surface area contributed by atoms with Crippen molar-refractivity contribution in [3.63, 3.8) is 0 Å². The minimum absolute atomic E-state index is 0.0866. The van der Waals surface area contributed by atoms with Gasteiger partial charge in [-0.1, -0.05) is 31.4 Å². The van der Waals surface area contributed by atoms with Crippen LogP contribution in [0, 0.1) is 0 Å². The molecular formula is C21H32N4O. The number of nitrogens with zero attached hydrogens (tertiary/aromatic N) is 3. The van der Waals surface area contributed by atoms with Crippen LogP contribution in [0.3, 0.4) is 0 Å². The molecule has 5 heteroatoms. The molecule has 2 fully saturated rings. The molecule has 0 radical (unpaired) electrons. The van der Waals surface area contributed by atoms with Gasteiger partial charge < -0.3 is 15.1 Å². The third-order valence-electron chi connectivity index (χ3n) is 6.17. The fourth-order valence-corrected chi connectivity index (χ4v) is 4.63. The van der Waals surface area contributed by atoms with E-state index in [1.807, 2.05) is 11.0 Å². The fourth-order valence-electron chi connectivity index (χ4n) is 4.63. The lowest BCUT2D eigenvalue weighted by atomic mass is 9.96. The first-order valence-corrected chi connectivity index (χ1v) is 10.5. The first kappa shape index (κ1) is 17.7. The van der Waals surface area contributed by atoms with Gasteiger partial charge >= 0.3 is 6.03 Å². The summed E-state index contributed by atoms with van der Waals surface area (Å²) in [6.45, 7) is 6.35. The second kappa shape index (κ2) is 8.30. The Morgan fingerprint density at radius 2 is 1.62 bits per heavy atom. The lowest BCUT2D eigenvalue weighted by Crippen LogP contribution is -2.51. The van der Waals surface area contributed by atoms with E-state index in [-0.39, 0.29) is 6.03 Å². The molecule has 2 amide bonds. The largest absolute Gasteiger partial charge is 0.367 e. The lowest BCUT2D eigenvalue weighted by Gasteiger charge is -2.39. The Morgan fingerprint density at radius 1 is 0.885 bits per heavy atom. The first-order valence-electron chi connectivity index (χ1n) is 10.5. The zero-order chi connectivity index (χ0) is 17.8. The van der Waals surface area contributed by atoms with E-state index < -0.39 is 0 Å². The van der Waals surface area contributed by atoms with E-state index in [1.54, 1.807) is 0 Å². The molecule has 142 valence electrons. The summed E-state index contributed by atoms with van der Waals surface area (Å²) in [5, 5.41) is 3.28. The number of hydrogen-bond acceptors (Lipinski definition) is 3. The molecule has 0 aromatic heterocycles. The van der Waals surface area contributed by atoms with Crippen LogP contribution >= 0.6 is 0 Å². The smallest absolute Gasteiger partial charge is 0.322 e. The highest BCUT2D eigenvalue weighted by Gasteiger charge is 2.28. The van der Waals surface area contributed by atoms with Gasteiger partial charge in [0.05, 0.1) is 11.4 Å². The van der Waals surface area contributed by atoms with Gasteiger partial charge in [-0.2, -0.15) is 0 Å². The summed E-state index contributed by atoms with van der Waals surface area (Å²) in [5.74, 6) is 0. The molecule has 4 rings (SSSR count). The molecule has 0 bridgehead atoms. The van der Waals surface area contributed by atoms with Crippen LogP contribution in [0.4, 0.5) is 16.2 Å². The summed E-state index contributed by atoms with van der Waals surface area (Å²) in [6.07, 6.45) is 8.73. The maximum absolute atomic E-state index is 12.9. The highest BCUT2D eigenvalue weighted by atomic mass is 16.2. The van der Waals surface area contributed by atoms with Crippen molar-refractivity contribution in [1.82, 2.24) is 10.2 Å². The summed E-state index contributed by atoms with van der Waals surface area (Å²) < 4.78 is 0. The second-order valence-electron chi connectivity index (χ2n) is 7.96. The zero-order valence-electron chi connectivity index (χ0n) is 15.8. The number of nitrogens with one attached hydrogen (secondary N) is 1. The predicted molar refractivity (Wildman–Crippen MR) is 107 cm³/mol. The molecule has 0 unspecified atom stereocenters. The van der Waals surface area contributed by atoms with Crippen LogP contribution in [-0.2, 0) is 0 Å². The Labute approximate surface area is 157 Å². The number of urea groups is 1. The summed E-state index contributed by atoms with van der Waals surface area (Å²) in [5.41, 5.74) is 2.27. The van der Waals surface area contributed by atoms with E-state index in [0.29, 0.717) is 6.04 Å². The molecule has 1 aromatic rings. The number of benzene rings is 1. The molecule has 2 aliphatic heterocycles. The van der Waals surface area contributed by atoms with Gasteiger partial charge in [0.15, 0.2) is 0 Å². The van der Waals surface area contributed by atoms with Crippen molar-refractivity contribution in [2.75, 3.05) is 49.1 Å². The zero-order valence-corrected chi connectivity index (χ0v) is 15.8. The van der Waals surface area contributed by atoms with Gasteiger partial charge in [-0.25, -0.2) is 4.79 Å². The minimum atomic E-state index is 0.0866. The molecule has 26 heavy (non-hydrogen) atoms. The average molecular weight is 357 g/mol. The maximum Gasteiger partial charge on any atom is 0.322 e. The Hall–Kier alpha value is -1.75. The number of rotatable bonds is 4. The summed E-state index contributed by atoms with van der Waals surface area (Å²) >= 11 is 0. The summed E-state index contributed by atoms with van der Waals surface area (Å²) in [7, 11) is 0. The molecular weight excluding hydrogens is 324 g/mol. The van der Waals surface area contributed by atoms with Crippen LogP contribution in [0.1, 0.15) is 44.9 Å². The molecule has 1 aromatic carbocycles. The number of fused-ring (bicyclic) bond motifs is 1. The third-order valence-corrected chi connectivity index (χ3v) is 6.17. The first-order chi connectivity index (χ1) is 12.8. The number of amides is 2. The Bertz CT molecular complexity index is 608. The quantitative estimate of drug-likeness (QED) is 0.898. The number of para-hydroxylation sites is 2. The lowest BCUT2D eigenvalue weighted by molar-refractivity contribution is 0.238. The highest BCUT2D eigenvalue weighted by Crippen LogP contribution is 2.33. The van der Waals surface area contributed by atoms with Crippen molar-refractivity contribution in [1.29, 1.82) is 0 Å². The van der Waals surface area contributed by atoms with Crippen LogP contribution in [0.15, 0.2) is 24.3 Å². The van der Waals surface area contributed by atoms with E-state index in [4.69, 9.17) is 0 Å². The maximum atomic E-state index is 12.9. The third kappa shape index (κ3) is 3.98. The highest BCUT2D eigenvalue weighted by molar-refractivity contribution is 5.97. The molecule has 1 N–H and O–H groups in total. The van der Waals surface area contributed by atoms with E-state index >= 15 is 0 Å². The van der Waals surface area contributed by atoms with Crippen LogP contribution in [0.25, 0.3) is 0 Å². The van der Waals surface area contributed by atoms with Crippen molar-refractivity contribution >= 4 is 17.4 Å². The van der Waals surface area contributed by atoms with Crippen molar-refractivity contribution < 1.29 is 4.79 Å². The molecule has 1 saturated heterocycles. The Kier molecular flexibility index (Phi) is 5.63. The fraction of sp³-hybridized carbons (Fsp3) is 0.667. The number of hydrogen-bond donors (Lipinski definition) is 1. The molecule has 1 saturated carbocycles. The molecule has 3 aliphatic rings. The van der Waals surface area contributed by atoms with Crippen LogP contribution < -0.4 is 15.1 Å². The number of carbonyl (C=O) groups is 1. The van der Waals surface area contributed by atoms with Crippen molar-refractivity contribution in [3.05, 3.63) is 24.3 Å². The second-order valence-corrected chi connectivity index (χ2v) is 7.96. The van der Waals surface area contributed by atoms with Gasteiger partial charge in [-0.05, 0) is 50.9 Å². The summed E-state index contributed by atoms with van der Waals surface area (Å²) in [6, 6.07) is 8.84. The molecule has 0 spiro atoms. The van der Waals surface area contributed by atoms with Crippen LogP contribution in [-0.4, -0.2) is 56.2 Å². The Balaban J connectivity index is 1.41. The van der Waals surface area contributed by atoms with E-state index in [0.717, 1.165) is 44.7 Å². The predicted octanol–water partition coefficient (Wildman–Crippen LogP) is 3.45. The Morgan fingerprint density at radius 3 is 2.38 bits per heavy atom.